The van der Waals surface area contributed by atoms with Crippen molar-refractivity contribution in [2.24, 2.45) is 0 Å². The molecule has 0 bridgehead atoms. The van der Waals surface area contributed by atoms with E-state index in [4.69, 9.17) is 0 Å². The molecule has 126 valence electrons. The van der Waals surface area contributed by atoms with Crippen molar-refractivity contribution in [3.63, 3.8) is 0 Å². The zero-order chi connectivity index (χ0) is 16.2. The van der Waals surface area contributed by atoms with Crippen LogP contribution < -0.4 is 15.5 Å². The summed E-state index contributed by atoms with van der Waals surface area (Å²) < 4.78 is 14.3. The van der Waals surface area contributed by atoms with Gasteiger partial charge in [0, 0.05) is 19.6 Å². The lowest BCUT2D eigenvalue weighted by atomic mass is 10.1. The van der Waals surface area contributed by atoms with Gasteiger partial charge in [-0.05, 0) is 49.9 Å². The highest BCUT2D eigenvalue weighted by Gasteiger charge is 2.22. The number of hydrogen-bond donors (Lipinski definition) is 3. The molecule has 1 aromatic rings. The largest absolute Gasteiger partial charge is 0.393 e. The first-order chi connectivity index (χ1) is 11.1. The van der Waals surface area contributed by atoms with E-state index in [-0.39, 0.29) is 23.9 Å². The van der Waals surface area contributed by atoms with Crippen LogP contribution in [0.25, 0.3) is 0 Å². The van der Waals surface area contributed by atoms with Crippen LogP contribution in [0.15, 0.2) is 18.2 Å². The van der Waals surface area contributed by atoms with Crippen LogP contribution in [0.3, 0.4) is 0 Å². The summed E-state index contributed by atoms with van der Waals surface area (Å²) in [6.07, 6.45) is 2.95. The Hall–Kier alpha value is -1.66. The molecule has 2 heterocycles. The van der Waals surface area contributed by atoms with Crippen molar-refractivity contribution < 1.29 is 14.3 Å². The number of anilines is 1. The number of aliphatic hydroxyl groups excluding tert-OH is 1. The Morgan fingerprint density at radius 2 is 2.13 bits per heavy atom. The minimum atomic E-state index is -0.271. The smallest absolute Gasteiger partial charge is 0.237 e. The molecule has 0 saturated carbocycles. The first kappa shape index (κ1) is 16.2. The number of halogens is 1. The van der Waals surface area contributed by atoms with Crippen LogP contribution in [0.4, 0.5) is 10.1 Å². The van der Waals surface area contributed by atoms with Gasteiger partial charge in [-0.2, -0.15) is 0 Å². The first-order valence-corrected chi connectivity index (χ1v) is 8.36. The van der Waals surface area contributed by atoms with Gasteiger partial charge in [0.15, 0.2) is 0 Å². The van der Waals surface area contributed by atoms with Crippen molar-refractivity contribution >= 4 is 11.6 Å². The Balaban J connectivity index is 1.57. The fourth-order valence-corrected chi connectivity index (χ4v) is 3.24. The SMILES string of the molecule is O=C(NCc1ccc(N2CCC(O)CC2)c(F)c1)[C@@H]1CCCN1. The van der Waals surface area contributed by atoms with E-state index in [9.17, 15) is 14.3 Å². The van der Waals surface area contributed by atoms with Crippen LogP contribution in [0.2, 0.25) is 0 Å². The summed E-state index contributed by atoms with van der Waals surface area (Å²) >= 11 is 0. The molecule has 3 rings (SSSR count). The molecule has 0 spiro atoms. The first-order valence-electron chi connectivity index (χ1n) is 8.36. The maximum absolute atomic E-state index is 14.3. The minimum absolute atomic E-state index is 0.0167. The second kappa shape index (κ2) is 7.27. The van der Waals surface area contributed by atoms with Crippen LogP contribution in [-0.2, 0) is 11.3 Å². The minimum Gasteiger partial charge on any atom is -0.393 e. The molecule has 2 saturated heterocycles. The molecule has 0 aliphatic carbocycles. The Morgan fingerprint density at radius 3 is 2.78 bits per heavy atom. The molecule has 1 aromatic carbocycles. The van der Waals surface area contributed by atoms with Crippen molar-refractivity contribution in [2.45, 2.75) is 44.4 Å². The standard InChI is InChI=1S/C17H24FN3O2/c18-14-10-12(11-20-17(23)15-2-1-7-19-15)3-4-16(14)21-8-5-13(22)6-9-21/h3-4,10,13,15,19,22H,1-2,5-9,11H2,(H,20,23)/t15-/m0/s1. The van der Waals surface area contributed by atoms with Crippen LogP contribution in [0.5, 0.6) is 0 Å². The second-order valence-electron chi connectivity index (χ2n) is 6.37. The maximum atomic E-state index is 14.3. The molecule has 0 aromatic heterocycles. The monoisotopic (exact) mass is 321 g/mol. The van der Waals surface area contributed by atoms with Crippen molar-refractivity contribution in [3.05, 3.63) is 29.6 Å². The molecule has 1 amide bonds. The van der Waals surface area contributed by atoms with Gasteiger partial charge in [0.05, 0.1) is 17.8 Å². The number of nitrogens with zero attached hydrogens (tertiary/aromatic N) is 1. The van der Waals surface area contributed by atoms with Crippen molar-refractivity contribution in [3.8, 4) is 0 Å². The molecule has 0 unspecified atom stereocenters. The molecule has 1 atom stereocenters. The molecule has 2 fully saturated rings. The number of carbonyl (C=O) groups is 1. The molecule has 2 aliphatic rings. The quantitative estimate of drug-likeness (QED) is 0.778. The number of rotatable bonds is 4. The van der Waals surface area contributed by atoms with Gasteiger partial charge in [-0.15, -0.1) is 0 Å². The van der Waals surface area contributed by atoms with Gasteiger partial charge < -0.3 is 20.6 Å². The molecule has 2 aliphatic heterocycles. The Bertz CT molecular complexity index is 553. The summed E-state index contributed by atoms with van der Waals surface area (Å²) in [5.41, 5.74) is 1.33. The number of benzene rings is 1. The van der Waals surface area contributed by atoms with E-state index in [0.717, 1.165) is 24.9 Å². The van der Waals surface area contributed by atoms with E-state index in [2.05, 4.69) is 10.6 Å². The highest BCUT2D eigenvalue weighted by Crippen LogP contribution is 2.24. The van der Waals surface area contributed by atoms with Gasteiger partial charge >= 0.3 is 0 Å². The number of nitrogens with one attached hydrogen (secondary N) is 2. The number of piperidine rings is 1. The normalized spacial score (nSPS) is 22.3. The predicted molar refractivity (Wildman–Crippen MR) is 86.7 cm³/mol. The molecule has 5 nitrogen and oxygen atoms in total. The number of amides is 1. The molecule has 6 heteroatoms. The average Bonchev–Trinajstić information content (AvgIpc) is 3.08. The third kappa shape index (κ3) is 4.00. The van der Waals surface area contributed by atoms with E-state index >= 15 is 0 Å². The summed E-state index contributed by atoms with van der Waals surface area (Å²) in [4.78, 5) is 13.9. The maximum Gasteiger partial charge on any atom is 0.237 e. The lowest BCUT2D eigenvalue weighted by Gasteiger charge is -2.31. The lowest BCUT2D eigenvalue weighted by Crippen LogP contribution is -2.40. The van der Waals surface area contributed by atoms with E-state index in [0.29, 0.717) is 38.2 Å². The molecule has 3 N–H and O–H groups in total. The van der Waals surface area contributed by atoms with Crippen LogP contribution in [-0.4, -0.2) is 42.8 Å². The molecule has 0 radical (unpaired) electrons. The Morgan fingerprint density at radius 1 is 1.35 bits per heavy atom. The number of carbonyl (C=O) groups excluding carboxylic acids is 1. The van der Waals surface area contributed by atoms with Crippen molar-refractivity contribution in [2.75, 3.05) is 24.5 Å². The fraction of sp³-hybridized carbons (Fsp3) is 0.588. The van der Waals surface area contributed by atoms with Gasteiger partial charge in [0.25, 0.3) is 0 Å². The third-order valence-electron chi connectivity index (χ3n) is 4.66. The molecular weight excluding hydrogens is 297 g/mol. The highest BCUT2D eigenvalue weighted by atomic mass is 19.1. The van der Waals surface area contributed by atoms with Gasteiger partial charge in [-0.1, -0.05) is 6.07 Å². The summed E-state index contributed by atoms with van der Waals surface area (Å²) in [5, 5.41) is 15.5. The van der Waals surface area contributed by atoms with Crippen LogP contribution in [0.1, 0.15) is 31.2 Å². The summed E-state index contributed by atoms with van der Waals surface area (Å²) in [5.74, 6) is -0.288. The highest BCUT2D eigenvalue weighted by molar-refractivity contribution is 5.82. The topological polar surface area (TPSA) is 64.6 Å². The van der Waals surface area contributed by atoms with Gasteiger partial charge in [0.1, 0.15) is 5.82 Å². The molecule has 23 heavy (non-hydrogen) atoms. The van der Waals surface area contributed by atoms with E-state index in [1.165, 1.54) is 6.07 Å². The predicted octanol–water partition coefficient (Wildman–Crippen LogP) is 1.15. The van der Waals surface area contributed by atoms with E-state index in [1.54, 1.807) is 6.07 Å². The second-order valence-corrected chi connectivity index (χ2v) is 6.37. The summed E-state index contributed by atoms with van der Waals surface area (Å²) in [7, 11) is 0. The van der Waals surface area contributed by atoms with Crippen molar-refractivity contribution in [1.29, 1.82) is 0 Å². The zero-order valence-electron chi connectivity index (χ0n) is 13.2. The number of aliphatic hydroxyl groups is 1. The van der Waals surface area contributed by atoms with Crippen LogP contribution in [0, 0.1) is 5.82 Å². The van der Waals surface area contributed by atoms with Gasteiger partial charge in [-0.3, -0.25) is 4.79 Å². The number of hydrogen-bond acceptors (Lipinski definition) is 4. The Kier molecular flexibility index (Phi) is 5.13. The summed E-state index contributed by atoms with van der Waals surface area (Å²) in [6, 6.07) is 5.00. The Labute approximate surface area is 135 Å². The van der Waals surface area contributed by atoms with Crippen LogP contribution >= 0.6 is 0 Å². The van der Waals surface area contributed by atoms with Gasteiger partial charge in [-0.25, -0.2) is 4.39 Å². The van der Waals surface area contributed by atoms with E-state index in [1.807, 2.05) is 11.0 Å². The molecular formula is C17H24FN3O2. The average molecular weight is 321 g/mol. The van der Waals surface area contributed by atoms with Gasteiger partial charge in [0.2, 0.25) is 5.91 Å². The van der Waals surface area contributed by atoms with E-state index < -0.39 is 0 Å². The lowest BCUT2D eigenvalue weighted by molar-refractivity contribution is -0.122. The third-order valence-corrected chi connectivity index (χ3v) is 4.66. The summed E-state index contributed by atoms with van der Waals surface area (Å²) in [6.45, 7) is 2.56. The zero-order valence-corrected chi connectivity index (χ0v) is 13.2. The fourth-order valence-electron chi connectivity index (χ4n) is 3.24. The van der Waals surface area contributed by atoms with Crippen molar-refractivity contribution in [1.82, 2.24) is 10.6 Å².